The van der Waals surface area contributed by atoms with E-state index in [0.29, 0.717) is 39.3 Å². The number of anilines is 1. The molecule has 3 heterocycles. The fourth-order valence-corrected chi connectivity index (χ4v) is 9.15. The van der Waals surface area contributed by atoms with Crippen molar-refractivity contribution >= 4 is 39.6 Å². The summed E-state index contributed by atoms with van der Waals surface area (Å²) in [6.07, 6.45) is 1.65. The lowest BCUT2D eigenvalue weighted by molar-refractivity contribution is -0.0653. The first kappa shape index (κ1) is 34.2. The standard InChI is InChI=1S/C43H44N6O2S/c1-2-44-38-21-19-36(20-22-38)42(37-18-17-34-13-9-10-14-35(34)31-37)43(47-24-23-46-42,40-45-25-30-52-40)48-26-28-49(29-27-48,39-15-7-4-8-16-39)41(50)51-32-33-11-5-3-6-12-33/h3-22,25,30-31,44,46H,2,23-24,26-29,32H2,1H3/q+1. The molecule has 0 aliphatic carbocycles. The van der Waals surface area contributed by atoms with Crippen molar-refractivity contribution < 1.29 is 9.53 Å². The van der Waals surface area contributed by atoms with E-state index in [9.17, 15) is 4.79 Å². The second-order valence-corrected chi connectivity index (χ2v) is 14.4. The Hall–Kier alpha value is -4.90. The molecule has 2 N–H and O–H groups in total. The quantitative estimate of drug-likeness (QED) is 0.150. The number of aromatic nitrogens is 1. The number of nitrogens with zero attached hydrogens (tertiary/aromatic N) is 4. The van der Waals surface area contributed by atoms with Crippen molar-refractivity contribution in [1.82, 2.24) is 25.0 Å². The number of nitrogens with one attached hydrogen (secondary N) is 2. The number of ether oxygens (including phenoxy) is 1. The van der Waals surface area contributed by atoms with E-state index in [1.165, 1.54) is 10.8 Å². The maximum Gasteiger partial charge on any atom is 0.521 e. The zero-order valence-corrected chi connectivity index (χ0v) is 30.3. The van der Waals surface area contributed by atoms with Crippen molar-refractivity contribution in [3.63, 3.8) is 0 Å². The molecule has 2 aliphatic heterocycles. The van der Waals surface area contributed by atoms with Crippen molar-refractivity contribution in [3.8, 4) is 0 Å². The average Bonchev–Trinajstić information content (AvgIpc) is 3.77. The molecule has 8 nitrogen and oxygen atoms in total. The maximum atomic E-state index is 14.3. The molecule has 0 saturated carbocycles. The molecule has 5 aromatic carbocycles. The maximum absolute atomic E-state index is 14.3. The lowest BCUT2D eigenvalue weighted by Gasteiger charge is -2.59. The van der Waals surface area contributed by atoms with Crippen molar-refractivity contribution in [3.05, 3.63) is 161 Å². The van der Waals surface area contributed by atoms with E-state index < -0.39 is 11.2 Å². The van der Waals surface area contributed by atoms with Crippen molar-refractivity contribution in [2.45, 2.75) is 24.7 Å². The Kier molecular flexibility index (Phi) is 9.61. The monoisotopic (exact) mass is 708 g/mol. The van der Waals surface area contributed by atoms with E-state index in [0.717, 1.165) is 39.6 Å². The molecule has 2 saturated heterocycles. The minimum absolute atomic E-state index is 0.103. The van der Waals surface area contributed by atoms with Crippen LogP contribution < -0.4 is 20.4 Å². The molecule has 2 atom stereocenters. The average molecular weight is 709 g/mol. The number of amides is 1. The van der Waals surface area contributed by atoms with Gasteiger partial charge in [0.25, 0.3) is 0 Å². The van der Waals surface area contributed by atoms with Crippen LogP contribution in [0.1, 0.15) is 28.6 Å². The molecule has 1 radical (unpaired) electrons. The summed E-state index contributed by atoms with van der Waals surface area (Å²) >= 11 is 1.64. The predicted molar refractivity (Wildman–Crippen MR) is 210 cm³/mol. The summed E-state index contributed by atoms with van der Waals surface area (Å²) in [7, 11) is 0. The zero-order chi connectivity index (χ0) is 35.4. The number of rotatable bonds is 9. The molecule has 0 spiro atoms. The van der Waals surface area contributed by atoms with E-state index in [1.807, 2.05) is 66.9 Å². The number of piperazine rings is 2. The highest BCUT2D eigenvalue weighted by Gasteiger charge is 2.63. The minimum atomic E-state index is -0.914. The molecular formula is C43H44N6O2S+. The van der Waals surface area contributed by atoms with Crippen LogP contribution in [0.25, 0.3) is 10.8 Å². The zero-order valence-electron chi connectivity index (χ0n) is 29.4. The van der Waals surface area contributed by atoms with Crippen LogP contribution in [-0.2, 0) is 22.5 Å². The Morgan fingerprint density at radius 1 is 0.865 bits per heavy atom. The molecule has 0 bridgehead atoms. The number of hydrogen-bond acceptors (Lipinski definition) is 7. The number of carbonyl (C=O) groups is 1. The molecule has 2 aliphatic rings. The SMILES string of the molecule is CCNc1ccc(C2(c3ccc4ccccc4c3)NCC[N]C2(c2nccs2)N2CC[N+](C(=O)OCc3ccccc3)(c3ccccc3)CC2)cc1. The molecule has 6 aromatic rings. The van der Waals surface area contributed by atoms with Crippen molar-refractivity contribution in [2.75, 3.05) is 51.1 Å². The Bertz CT molecular complexity index is 2100. The second-order valence-electron chi connectivity index (χ2n) is 13.5. The van der Waals surface area contributed by atoms with Gasteiger partial charge in [0.1, 0.15) is 35.9 Å². The van der Waals surface area contributed by atoms with Crippen LogP contribution in [0.4, 0.5) is 16.2 Å². The third-order valence-corrected chi connectivity index (χ3v) is 11.6. The van der Waals surface area contributed by atoms with Crippen molar-refractivity contribution in [1.29, 1.82) is 0 Å². The topological polar surface area (TPSA) is 80.6 Å². The number of thiazole rings is 1. The lowest BCUT2D eigenvalue weighted by Crippen LogP contribution is -2.77. The molecule has 1 aromatic heterocycles. The van der Waals surface area contributed by atoms with Gasteiger partial charge in [-0.3, -0.25) is 10.2 Å². The minimum Gasteiger partial charge on any atom is -0.415 e. The van der Waals surface area contributed by atoms with Crippen LogP contribution in [-0.4, -0.2) is 61.8 Å². The Labute approximate surface area is 309 Å². The largest absolute Gasteiger partial charge is 0.521 e. The number of para-hydroxylation sites is 1. The van der Waals surface area contributed by atoms with Crippen LogP contribution in [0.15, 0.2) is 139 Å². The summed E-state index contributed by atoms with van der Waals surface area (Å²) in [5, 5.41) is 18.6. The fraction of sp³-hybridized carbons (Fsp3) is 0.256. The molecule has 263 valence electrons. The van der Waals surface area contributed by atoms with Crippen LogP contribution in [0, 0.1) is 0 Å². The van der Waals surface area contributed by atoms with Crippen LogP contribution in [0.2, 0.25) is 0 Å². The van der Waals surface area contributed by atoms with Gasteiger partial charge in [0.2, 0.25) is 0 Å². The normalized spacial score (nSPS) is 21.8. The van der Waals surface area contributed by atoms with Gasteiger partial charge < -0.3 is 10.1 Å². The first-order valence-electron chi connectivity index (χ1n) is 18.2. The first-order valence-corrected chi connectivity index (χ1v) is 19.0. The van der Waals surface area contributed by atoms with E-state index in [-0.39, 0.29) is 17.2 Å². The van der Waals surface area contributed by atoms with Gasteiger partial charge in [0.15, 0.2) is 5.66 Å². The van der Waals surface area contributed by atoms with Gasteiger partial charge in [-0.25, -0.2) is 10.3 Å². The number of carbonyl (C=O) groups excluding carboxylic acids is 1. The van der Waals surface area contributed by atoms with Crippen LogP contribution >= 0.6 is 11.3 Å². The molecule has 1 amide bonds. The molecule has 2 fully saturated rings. The van der Waals surface area contributed by atoms with Gasteiger partial charge in [0.05, 0.1) is 13.1 Å². The highest BCUT2D eigenvalue weighted by Crippen LogP contribution is 2.51. The molecule has 8 rings (SSSR count). The highest BCUT2D eigenvalue weighted by atomic mass is 32.1. The molecule has 2 unspecified atom stereocenters. The Morgan fingerprint density at radius 2 is 1.56 bits per heavy atom. The summed E-state index contributed by atoms with van der Waals surface area (Å²) in [6, 6.07) is 44.1. The molecular weight excluding hydrogens is 665 g/mol. The first-order chi connectivity index (χ1) is 25.6. The van der Waals surface area contributed by atoms with Gasteiger partial charge in [0, 0.05) is 36.9 Å². The van der Waals surface area contributed by atoms with E-state index in [1.54, 1.807) is 11.3 Å². The molecule has 52 heavy (non-hydrogen) atoms. The lowest BCUT2D eigenvalue weighted by atomic mass is 9.69. The molecule has 9 heteroatoms. The third kappa shape index (κ3) is 5.88. The van der Waals surface area contributed by atoms with Gasteiger partial charge in [-0.15, -0.1) is 11.3 Å². The van der Waals surface area contributed by atoms with Gasteiger partial charge >= 0.3 is 6.09 Å². The number of quaternary nitrogens is 1. The highest BCUT2D eigenvalue weighted by molar-refractivity contribution is 7.09. The summed E-state index contributed by atoms with van der Waals surface area (Å²) in [5.74, 6) is 0. The smallest absolute Gasteiger partial charge is 0.415 e. The fourth-order valence-electron chi connectivity index (χ4n) is 8.27. The van der Waals surface area contributed by atoms with E-state index in [4.69, 9.17) is 15.0 Å². The summed E-state index contributed by atoms with van der Waals surface area (Å²) in [6.45, 7) is 6.73. The van der Waals surface area contributed by atoms with Crippen molar-refractivity contribution in [2.24, 2.45) is 0 Å². The van der Waals surface area contributed by atoms with Crippen LogP contribution in [0.5, 0.6) is 0 Å². The Balaban J connectivity index is 1.25. The van der Waals surface area contributed by atoms with E-state index >= 15 is 0 Å². The number of hydrogen-bond donors (Lipinski definition) is 2. The van der Waals surface area contributed by atoms with Crippen LogP contribution in [0.3, 0.4) is 0 Å². The Morgan fingerprint density at radius 3 is 2.27 bits per heavy atom. The summed E-state index contributed by atoms with van der Waals surface area (Å²) in [5.41, 5.74) is 3.49. The number of fused-ring (bicyclic) bond motifs is 1. The number of benzene rings is 5. The summed E-state index contributed by atoms with van der Waals surface area (Å²) in [4.78, 5) is 21.9. The van der Waals surface area contributed by atoms with Gasteiger partial charge in [-0.05, 0) is 64.7 Å². The van der Waals surface area contributed by atoms with E-state index in [2.05, 4.69) is 94.6 Å². The summed E-state index contributed by atoms with van der Waals surface area (Å²) < 4.78 is 6.22. The van der Waals surface area contributed by atoms with Gasteiger partial charge in [-0.2, -0.15) is 9.28 Å². The van der Waals surface area contributed by atoms with Gasteiger partial charge in [-0.1, -0.05) is 97.1 Å². The second kappa shape index (κ2) is 14.6. The third-order valence-electron chi connectivity index (χ3n) is 10.7. The predicted octanol–water partition coefficient (Wildman–Crippen LogP) is 7.69.